The van der Waals surface area contributed by atoms with E-state index in [0.29, 0.717) is 33.0 Å². The highest BCUT2D eigenvalue weighted by atomic mass is 35.5. The number of aromatic amines is 1. The number of amides is 3. The Labute approximate surface area is 180 Å². The second-order valence-corrected chi connectivity index (χ2v) is 7.92. The Hall–Kier alpha value is -3.59. The summed E-state index contributed by atoms with van der Waals surface area (Å²) in [6.07, 6.45) is 0.412. The standard InChI is InChI=1S/C21H18ClFN6O2/c22-11-5-6-14-15(7-11)26-19(25-14)18-8-12(23)9-29(18)21(31)27-16-10-28(20(24)30)17-4-2-1-3-13(16)17/h1-7,10,12,18H,8-9H2,(H2,24,30)(H,25,26)(H,27,31). The lowest BCUT2D eigenvalue weighted by Gasteiger charge is -2.23. The summed E-state index contributed by atoms with van der Waals surface area (Å²) in [5.74, 6) is 0.493. The van der Waals surface area contributed by atoms with Crippen LogP contribution in [-0.2, 0) is 0 Å². The predicted molar refractivity (Wildman–Crippen MR) is 116 cm³/mol. The number of H-pyrrole nitrogens is 1. The number of primary amides is 1. The number of rotatable bonds is 2. The molecule has 4 N–H and O–H groups in total. The number of alkyl halides is 1. The van der Waals surface area contributed by atoms with E-state index in [9.17, 15) is 14.0 Å². The van der Waals surface area contributed by atoms with Gasteiger partial charge in [-0.2, -0.15) is 0 Å². The average molecular weight is 441 g/mol. The van der Waals surface area contributed by atoms with Gasteiger partial charge in [-0.3, -0.25) is 4.57 Å². The van der Waals surface area contributed by atoms with Gasteiger partial charge in [-0.05, 0) is 24.3 Å². The smallest absolute Gasteiger partial charge is 0.323 e. The highest BCUT2D eigenvalue weighted by molar-refractivity contribution is 6.31. The largest absolute Gasteiger partial charge is 0.351 e. The van der Waals surface area contributed by atoms with Gasteiger partial charge in [-0.15, -0.1) is 0 Å². The second kappa shape index (κ2) is 7.28. The van der Waals surface area contributed by atoms with Crippen molar-refractivity contribution in [1.29, 1.82) is 0 Å². The molecule has 2 aromatic heterocycles. The van der Waals surface area contributed by atoms with Crippen molar-refractivity contribution in [1.82, 2.24) is 19.4 Å². The summed E-state index contributed by atoms with van der Waals surface area (Å²) in [6.45, 7) is -0.0667. The number of carbonyl (C=O) groups is 2. The van der Waals surface area contributed by atoms with Crippen LogP contribution in [0.3, 0.4) is 0 Å². The van der Waals surface area contributed by atoms with E-state index in [0.717, 1.165) is 5.52 Å². The van der Waals surface area contributed by atoms with Crippen LogP contribution in [0.1, 0.15) is 18.3 Å². The van der Waals surface area contributed by atoms with Gasteiger partial charge in [0.15, 0.2) is 0 Å². The molecule has 5 rings (SSSR count). The van der Waals surface area contributed by atoms with Gasteiger partial charge in [0.2, 0.25) is 0 Å². The van der Waals surface area contributed by atoms with Crippen molar-refractivity contribution in [2.75, 3.05) is 11.9 Å². The second-order valence-electron chi connectivity index (χ2n) is 7.48. The normalized spacial score (nSPS) is 18.7. The summed E-state index contributed by atoms with van der Waals surface area (Å²) in [5, 5.41) is 4.00. The highest BCUT2D eigenvalue weighted by Gasteiger charge is 2.38. The number of nitrogens with two attached hydrogens (primary N) is 1. The molecule has 0 spiro atoms. The molecule has 1 aliphatic rings. The van der Waals surface area contributed by atoms with E-state index in [4.69, 9.17) is 17.3 Å². The number of hydrogen-bond acceptors (Lipinski definition) is 3. The lowest BCUT2D eigenvalue weighted by atomic mass is 10.2. The highest BCUT2D eigenvalue weighted by Crippen LogP contribution is 2.35. The van der Waals surface area contributed by atoms with E-state index < -0.39 is 24.3 Å². The third-order valence-electron chi connectivity index (χ3n) is 5.48. The Morgan fingerprint density at radius 2 is 2.06 bits per heavy atom. The fraction of sp³-hybridized carbons (Fsp3) is 0.190. The first-order chi connectivity index (χ1) is 14.9. The van der Waals surface area contributed by atoms with Crippen molar-refractivity contribution >= 4 is 51.3 Å². The summed E-state index contributed by atoms with van der Waals surface area (Å²) in [5.41, 5.74) is 7.83. The predicted octanol–water partition coefficient (Wildman–Crippen LogP) is 4.41. The molecule has 2 aromatic carbocycles. The SMILES string of the molecule is NC(=O)n1cc(NC(=O)N2CC(F)CC2c2nc3ccc(Cl)cc3[nH]2)c2ccccc21. The van der Waals surface area contributed by atoms with Gasteiger partial charge < -0.3 is 20.9 Å². The monoisotopic (exact) mass is 440 g/mol. The number of nitrogens with zero attached hydrogens (tertiary/aromatic N) is 3. The van der Waals surface area contributed by atoms with E-state index in [-0.39, 0.29) is 13.0 Å². The lowest BCUT2D eigenvalue weighted by Crippen LogP contribution is -2.35. The Bertz CT molecular complexity index is 1330. The van der Waals surface area contributed by atoms with E-state index >= 15 is 0 Å². The zero-order valence-corrected chi connectivity index (χ0v) is 16.9. The maximum Gasteiger partial charge on any atom is 0.323 e. The van der Waals surface area contributed by atoms with Crippen molar-refractivity contribution in [3.8, 4) is 0 Å². The first-order valence-electron chi connectivity index (χ1n) is 9.67. The van der Waals surface area contributed by atoms with Gasteiger partial charge in [0.1, 0.15) is 12.0 Å². The fourth-order valence-corrected chi connectivity index (χ4v) is 4.25. The molecule has 158 valence electrons. The molecule has 0 aliphatic carbocycles. The Morgan fingerprint density at radius 1 is 1.26 bits per heavy atom. The van der Waals surface area contributed by atoms with Gasteiger partial charge in [-0.25, -0.2) is 19.0 Å². The number of halogens is 2. The molecule has 10 heteroatoms. The molecule has 0 bridgehead atoms. The van der Waals surface area contributed by atoms with E-state index in [1.54, 1.807) is 42.5 Å². The van der Waals surface area contributed by atoms with E-state index in [1.807, 2.05) is 0 Å². The zero-order chi connectivity index (χ0) is 21.7. The van der Waals surface area contributed by atoms with Crippen molar-refractivity contribution in [2.24, 2.45) is 5.73 Å². The number of nitrogens with one attached hydrogen (secondary N) is 2. The van der Waals surface area contributed by atoms with Crippen LogP contribution in [0.25, 0.3) is 21.9 Å². The minimum absolute atomic E-state index is 0.0667. The molecular weight excluding hydrogens is 423 g/mol. The zero-order valence-electron chi connectivity index (χ0n) is 16.2. The summed E-state index contributed by atoms with van der Waals surface area (Å²) in [7, 11) is 0. The number of likely N-dealkylation sites (tertiary alicyclic amines) is 1. The summed E-state index contributed by atoms with van der Waals surface area (Å²) < 4.78 is 15.6. The number of imidazole rings is 1. The van der Waals surface area contributed by atoms with E-state index in [1.165, 1.54) is 15.7 Å². The van der Waals surface area contributed by atoms with Crippen LogP contribution >= 0.6 is 11.6 Å². The maximum absolute atomic E-state index is 14.3. The molecule has 0 saturated carbocycles. The van der Waals surface area contributed by atoms with Crippen LogP contribution in [0, 0.1) is 0 Å². The summed E-state index contributed by atoms with van der Waals surface area (Å²) in [6, 6.07) is 10.6. The molecule has 2 atom stereocenters. The number of carbonyl (C=O) groups excluding carboxylic acids is 2. The molecule has 0 radical (unpaired) electrons. The molecule has 3 heterocycles. The molecule has 3 amide bonds. The number of hydrogen-bond donors (Lipinski definition) is 3. The van der Waals surface area contributed by atoms with Crippen molar-refractivity contribution < 1.29 is 14.0 Å². The topological polar surface area (TPSA) is 109 Å². The molecule has 1 saturated heterocycles. The lowest BCUT2D eigenvalue weighted by molar-refractivity contribution is 0.202. The van der Waals surface area contributed by atoms with Crippen LogP contribution in [0.15, 0.2) is 48.7 Å². The first kappa shape index (κ1) is 19.4. The van der Waals surface area contributed by atoms with Crippen LogP contribution in [0.4, 0.5) is 19.7 Å². The quantitative estimate of drug-likeness (QED) is 0.429. The number of para-hydroxylation sites is 1. The van der Waals surface area contributed by atoms with Gasteiger partial charge >= 0.3 is 12.1 Å². The molecule has 31 heavy (non-hydrogen) atoms. The molecule has 8 nitrogen and oxygen atoms in total. The van der Waals surface area contributed by atoms with Crippen LogP contribution in [0.5, 0.6) is 0 Å². The Kier molecular flexibility index (Phi) is 4.55. The van der Waals surface area contributed by atoms with E-state index in [2.05, 4.69) is 15.3 Å². The number of aromatic nitrogens is 3. The van der Waals surface area contributed by atoms with Crippen molar-refractivity contribution in [2.45, 2.75) is 18.6 Å². The van der Waals surface area contributed by atoms with Gasteiger partial charge in [0.05, 0.1) is 34.8 Å². The van der Waals surface area contributed by atoms with Crippen LogP contribution in [-0.4, -0.2) is 44.2 Å². The Balaban J connectivity index is 1.46. The Morgan fingerprint density at radius 3 is 2.87 bits per heavy atom. The molecule has 1 aliphatic heterocycles. The molecule has 1 fully saturated rings. The van der Waals surface area contributed by atoms with Gasteiger partial charge in [0.25, 0.3) is 0 Å². The molecule has 2 unspecified atom stereocenters. The number of fused-ring (bicyclic) bond motifs is 2. The van der Waals surface area contributed by atoms with Crippen molar-refractivity contribution in [3.05, 3.63) is 59.5 Å². The summed E-state index contributed by atoms with van der Waals surface area (Å²) >= 11 is 6.03. The van der Waals surface area contributed by atoms with Crippen molar-refractivity contribution in [3.63, 3.8) is 0 Å². The number of urea groups is 1. The molecular formula is C21H18ClFN6O2. The van der Waals surface area contributed by atoms with Gasteiger partial charge in [0, 0.05) is 23.0 Å². The summed E-state index contributed by atoms with van der Waals surface area (Å²) in [4.78, 5) is 33.9. The van der Waals surface area contributed by atoms with Crippen LogP contribution in [0.2, 0.25) is 5.02 Å². The van der Waals surface area contributed by atoms with Gasteiger partial charge in [-0.1, -0.05) is 29.8 Å². The fourth-order valence-electron chi connectivity index (χ4n) is 4.08. The average Bonchev–Trinajstić information content (AvgIpc) is 3.42. The maximum atomic E-state index is 14.3. The minimum atomic E-state index is -1.18. The minimum Gasteiger partial charge on any atom is -0.351 e. The number of benzene rings is 2. The first-order valence-corrected chi connectivity index (χ1v) is 10.1. The molecule has 4 aromatic rings. The third-order valence-corrected chi connectivity index (χ3v) is 5.71. The third kappa shape index (κ3) is 3.36. The van der Waals surface area contributed by atoms with Crippen LogP contribution < -0.4 is 11.1 Å². The number of anilines is 1.